The summed E-state index contributed by atoms with van der Waals surface area (Å²) in [5.41, 5.74) is 1.15. The van der Waals surface area contributed by atoms with Gasteiger partial charge in [0.1, 0.15) is 5.75 Å². The number of methoxy groups -OCH3 is 3. The van der Waals surface area contributed by atoms with E-state index >= 15 is 0 Å². The predicted octanol–water partition coefficient (Wildman–Crippen LogP) is 6.20. The third-order valence-corrected chi connectivity index (χ3v) is 8.84. The molecule has 0 amide bonds. The number of anilines is 2. The van der Waals surface area contributed by atoms with Crippen molar-refractivity contribution in [1.82, 2.24) is 9.88 Å². The zero-order valence-corrected chi connectivity index (χ0v) is 25.5. The Balaban J connectivity index is 1.59. The average molecular weight is 618 g/mol. The van der Waals surface area contributed by atoms with Crippen LogP contribution in [0.15, 0.2) is 47.6 Å². The van der Waals surface area contributed by atoms with Crippen molar-refractivity contribution in [3.05, 3.63) is 57.9 Å². The highest BCUT2D eigenvalue weighted by molar-refractivity contribution is 7.12. The summed E-state index contributed by atoms with van der Waals surface area (Å²) < 4.78 is 57.8. The van der Waals surface area contributed by atoms with Gasteiger partial charge in [-0.05, 0) is 50.6 Å². The molecule has 0 N–H and O–H groups in total. The van der Waals surface area contributed by atoms with Gasteiger partial charge in [-0.15, -0.1) is 11.3 Å². The van der Waals surface area contributed by atoms with Gasteiger partial charge in [0.05, 0.1) is 49.2 Å². The van der Waals surface area contributed by atoms with E-state index in [2.05, 4.69) is 21.7 Å². The van der Waals surface area contributed by atoms with Crippen LogP contribution in [0, 0.1) is 6.92 Å². The van der Waals surface area contributed by atoms with Crippen molar-refractivity contribution in [3.63, 3.8) is 0 Å². The maximum atomic E-state index is 14.0. The number of halogens is 3. The van der Waals surface area contributed by atoms with Gasteiger partial charge in [0.15, 0.2) is 0 Å². The van der Waals surface area contributed by atoms with Gasteiger partial charge < -0.3 is 28.9 Å². The zero-order valence-electron chi connectivity index (χ0n) is 24.6. The second-order valence-corrected chi connectivity index (χ2v) is 11.7. The first-order valence-electron chi connectivity index (χ1n) is 13.9. The Kier molecular flexibility index (Phi) is 8.72. The molecule has 43 heavy (non-hydrogen) atoms. The maximum absolute atomic E-state index is 14.0. The van der Waals surface area contributed by atoms with E-state index in [0.29, 0.717) is 37.9 Å². The third-order valence-electron chi connectivity index (χ3n) is 7.70. The molecule has 2 aromatic heterocycles. The fourth-order valence-electron chi connectivity index (χ4n) is 5.65. The number of hydrogen-bond donors (Lipinski definition) is 0. The number of benzene rings is 1. The van der Waals surface area contributed by atoms with E-state index in [1.807, 2.05) is 30.0 Å². The molecule has 2 atom stereocenters. The molecule has 0 spiro atoms. The Hall–Kier alpha value is -4.00. The molecule has 5 rings (SSSR count). The minimum absolute atomic E-state index is 0.0212. The number of carbonyl (C=O) groups excluding carboxylic acids is 1. The number of aryl methyl sites for hydroxylation is 1. The molecule has 3 aromatic rings. The second kappa shape index (κ2) is 12.3. The number of aliphatic imine (C=N–C) groups is 1. The quantitative estimate of drug-likeness (QED) is 0.290. The number of thiophene rings is 1. The topological polar surface area (TPSA) is 79.7 Å². The highest BCUT2D eigenvalue weighted by Gasteiger charge is 2.40. The number of hydrogen-bond acceptors (Lipinski definition) is 10. The minimum atomic E-state index is -4.56. The molecule has 0 radical (unpaired) electrons. The smallest absolute Gasteiger partial charge is 0.416 e. The fraction of sp³-hybridized carbons (Fsp3) is 0.433. The van der Waals surface area contributed by atoms with Gasteiger partial charge in [-0.2, -0.15) is 13.2 Å². The Bertz CT molecular complexity index is 1510. The van der Waals surface area contributed by atoms with Crippen LogP contribution < -0.4 is 19.3 Å². The summed E-state index contributed by atoms with van der Waals surface area (Å²) in [5.74, 6) is 0.901. The summed E-state index contributed by atoms with van der Waals surface area (Å²) in [4.78, 5) is 29.6. The number of esters is 1. The van der Waals surface area contributed by atoms with Crippen LogP contribution in [0.3, 0.4) is 0 Å². The van der Waals surface area contributed by atoms with E-state index in [9.17, 15) is 18.0 Å². The van der Waals surface area contributed by atoms with E-state index in [0.717, 1.165) is 33.3 Å². The summed E-state index contributed by atoms with van der Waals surface area (Å²) >= 11 is 1.52. The molecule has 1 unspecified atom stereocenters. The molecule has 0 aliphatic carbocycles. The van der Waals surface area contributed by atoms with Gasteiger partial charge in [-0.25, -0.2) is 9.98 Å². The van der Waals surface area contributed by atoms with Gasteiger partial charge in [0.25, 0.3) is 0 Å². The molecular weight excluding hydrogens is 583 g/mol. The predicted molar refractivity (Wildman–Crippen MR) is 160 cm³/mol. The third kappa shape index (κ3) is 6.22. The molecule has 1 saturated heterocycles. The number of ether oxygens (including phenoxy) is 3. The van der Waals surface area contributed by atoms with Crippen LogP contribution in [0.25, 0.3) is 0 Å². The molecule has 4 heterocycles. The molecule has 0 bridgehead atoms. The van der Waals surface area contributed by atoms with Crippen molar-refractivity contribution in [2.75, 3.05) is 50.8 Å². The first-order chi connectivity index (χ1) is 20.5. The summed E-state index contributed by atoms with van der Waals surface area (Å²) in [6.45, 7) is 5.78. The fourth-order valence-corrected chi connectivity index (χ4v) is 6.73. The van der Waals surface area contributed by atoms with Crippen LogP contribution in [0.4, 0.5) is 30.2 Å². The monoisotopic (exact) mass is 617 g/mol. The minimum Gasteiger partial charge on any atom is -0.495 e. The maximum Gasteiger partial charge on any atom is 0.416 e. The van der Waals surface area contributed by atoms with Crippen molar-refractivity contribution >= 4 is 40.3 Å². The van der Waals surface area contributed by atoms with Gasteiger partial charge >= 0.3 is 12.1 Å². The largest absolute Gasteiger partial charge is 0.495 e. The van der Waals surface area contributed by atoms with Crippen LogP contribution >= 0.6 is 11.3 Å². The number of rotatable bonds is 7. The zero-order chi connectivity index (χ0) is 30.9. The molecule has 230 valence electrons. The van der Waals surface area contributed by atoms with Crippen LogP contribution in [0.5, 0.6) is 11.6 Å². The molecule has 0 saturated carbocycles. The summed E-state index contributed by atoms with van der Waals surface area (Å²) in [6.07, 6.45) is -2.47. The number of carbonyl (C=O) groups is 1. The molecular formula is C30H34F3N5O4S. The van der Waals surface area contributed by atoms with E-state index in [1.165, 1.54) is 31.6 Å². The second-order valence-electron chi connectivity index (χ2n) is 10.4. The molecule has 2 aliphatic rings. The van der Waals surface area contributed by atoms with Crippen LogP contribution in [0.2, 0.25) is 0 Å². The van der Waals surface area contributed by atoms with Crippen molar-refractivity contribution < 1.29 is 32.2 Å². The highest BCUT2D eigenvalue weighted by Crippen LogP contribution is 2.48. The lowest BCUT2D eigenvalue weighted by Gasteiger charge is -2.47. The molecule has 2 aliphatic heterocycles. The molecule has 9 nitrogen and oxygen atoms in total. The number of piperazine rings is 1. The van der Waals surface area contributed by atoms with Crippen molar-refractivity contribution in [2.45, 2.75) is 44.9 Å². The van der Waals surface area contributed by atoms with E-state index < -0.39 is 23.8 Å². The standard InChI is InChI=1S/C30H34F3N5O4S/c1-18-17-36(12-13-37(18)21-10-11-34-26(16-21)41-4)29-35-22-14-19(2)43-28(22)23(7-9-27(39)42-5)38(29)24-15-20(30(31,32)33)6-8-25(24)40-3/h6,8,10-11,14-16,18,23H,7,9,12-13,17H2,1-5H3/t18-,23?/m1/s1. The number of aromatic nitrogens is 1. The number of guanidine groups is 1. The van der Waals surface area contributed by atoms with Crippen molar-refractivity contribution in [3.8, 4) is 11.6 Å². The molecule has 1 fully saturated rings. The number of pyridine rings is 1. The van der Waals surface area contributed by atoms with Gasteiger partial charge in [-0.3, -0.25) is 4.79 Å². The van der Waals surface area contributed by atoms with Crippen molar-refractivity contribution in [1.29, 1.82) is 0 Å². The Morgan fingerprint density at radius 3 is 2.56 bits per heavy atom. The first kappa shape index (κ1) is 30.5. The van der Waals surface area contributed by atoms with Gasteiger partial charge in [0.2, 0.25) is 11.8 Å². The van der Waals surface area contributed by atoms with E-state index in [1.54, 1.807) is 13.3 Å². The first-order valence-corrected chi connectivity index (χ1v) is 14.7. The lowest BCUT2D eigenvalue weighted by atomic mass is 10.0. The SMILES string of the molecule is COC(=O)CCC1c2sc(C)cc2N=C(N2CCN(c3ccnc(OC)c3)[C@H](C)C2)N1c1cc(C(F)(F)F)ccc1OC. The highest BCUT2D eigenvalue weighted by atomic mass is 32.1. The van der Waals surface area contributed by atoms with Crippen molar-refractivity contribution in [2.24, 2.45) is 4.99 Å². The number of alkyl halides is 3. The summed E-state index contributed by atoms with van der Waals surface area (Å²) in [6, 6.07) is 8.78. The summed E-state index contributed by atoms with van der Waals surface area (Å²) in [5, 5.41) is 0. The van der Waals surface area contributed by atoms with Crippen LogP contribution in [0.1, 0.15) is 41.1 Å². The van der Waals surface area contributed by atoms with Gasteiger partial charge in [-0.1, -0.05) is 0 Å². The van der Waals surface area contributed by atoms with Gasteiger partial charge in [0, 0.05) is 54.9 Å². The van der Waals surface area contributed by atoms with Crippen LogP contribution in [-0.2, 0) is 15.7 Å². The van der Waals surface area contributed by atoms with E-state index in [4.69, 9.17) is 19.2 Å². The number of nitrogens with zero attached hydrogens (tertiary/aromatic N) is 5. The lowest BCUT2D eigenvalue weighted by Crippen LogP contribution is -2.58. The summed E-state index contributed by atoms with van der Waals surface area (Å²) in [7, 11) is 4.33. The Labute approximate surface area is 252 Å². The Morgan fingerprint density at radius 1 is 1.09 bits per heavy atom. The molecule has 13 heteroatoms. The van der Waals surface area contributed by atoms with E-state index in [-0.39, 0.29) is 23.9 Å². The molecule has 1 aromatic carbocycles. The Morgan fingerprint density at radius 2 is 1.88 bits per heavy atom. The lowest BCUT2D eigenvalue weighted by molar-refractivity contribution is -0.141. The normalized spacial score (nSPS) is 18.7. The number of fused-ring (bicyclic) bond motifs is 1. The average Bonchev–Trinajstić information content (AvgIpc) is 3.38. The van der Waals surface area contributed by atoms with Crippen LogP contribution in [-0.4, -0.2) is 68.8 Å².